The molecule has 4 rings (SSSR count). The van der Waals surface area contributed by atoms with Crippen LogP contribution in [0.2, 0.25) is 0 Å². The van der Waals surface area contributed by atoms with Crippen molar-refractivity contribution in [2.45, 2.75) is 57.9 Å². The van der Waals surface area contributed by atoms with Gasteiger partial charge in [0.2, 0.25) is 5.91 Å². The van der Waals surface area contributed by atoms with E-state index in [2.05, 4.69) is 11.4 Å². The Kier molecular flexibility index (Phi) is 4.35. The van der Waals surface area contributed by atoms with Crippen molar-refractivity contribution in [1.29, 1.82) is 5.26 Å². The Labute approximate surface area is 137 Å². The fourth-order valence-corrected chi connectivity index (χ4v) is 5.46. The van der Waals surface area contributed by atoms with E-state index < -0.39 is 12.0 Å². The monoisotopic (exact) mass is 318 g/mol. The highest BCUT2D eigenvalue weighted by Gasteiger charge is 2.55. The van der Waals surface area contributed by atoms with Crippen LogP contribution in [0.25, 0.3) is 0 Å². The molecule has 0 aliphatic heterocycles. The second-order valence-corrected chi connectivity index (χ2v) is 8.01. The molecule has 0 heterocycles. The molecule has 0 spiro atoms. The molecule has 0 unspecified atom stereocenters. The maximum atomic E-state index is 13.0. The first-order chi connectivity index (χ1) is 11.0. The fraction of sp³-hybridized carbons (Fsp3) is 0.833. The number of esters is 1. The third-order valence-electron chi connectivity index (χ3n) is 6.12. The van der Waals surface area contributed by atoms with Crippen molar-refractivity contribution in [2.75, 3.05) is 7.11 Å². The molecular weight excluding hydrogens is 292 g/mol. The third-order valence-corrected chi connectivity index (χ3v) is 6.12. The molecule has 1 amide bonds. The van der Waals surface area contributed by atoms with E-state index >= 15 is 0 Å². The first kappa shape index (κ1) is 16.3. The van der Waals surface area contributed by atoms with Crippen molar-refractivity contribution < 1.29 is 14.3 Å². The Morgan fingerprint density at radius 1 is 1.22 bits per heavy atom. The van der Waals surface area contributed by atoms with Crippen molar-refractivity contribution >= 4 is 11.9 Å². The number of rotatable bonds is 5. The van der Waals surface area contributed by atoms with Gasteiger partial charge in [-0.1, -0.05) is 0 Å². The first-order valence-corrected chi connectivity index (χ1v) is 8.74. The zero-order chi connectivity index (χ0) is 16.6. The maximum absolute atomic E-state index is 13.0. The summed E-state index contributed by atoms with van der Waals surface area (Å²) in [6.07, 6.45) is 7.03. The van der Waals surface area contributed by atoms with Gasteiger partial charge in [-0.05, 0) is 69.6 Å². The zero-order valence-corrected chi connectivity index (χ0v) is 14.0. The minimum Gasteiger partial charge on any atom is -0.467 e. The third kappa shape index (κ3) is 3.08. The summed E-state index contributed by atoms with van der Waals surface area (Å²) < 4.78 is 4.81. The van der Waals surface area contributed by atoms with Crippen LogP contribution in [0.3, 0.4) is 0 Å². The maximum Gasteiger partial charge on any atom is 0.328 e. The largest absolute Gasteiger partial charge is 0.467 e. The predicted molar refractivity (Wildman–Crippen MR) is 83.9 cm³/mol. The van der Waals surface area contributed by atoms with E-state index in [0.717, 1.165) is 19.3 Å². The lowest BCUT2D eigenvalue weighted by atomic mass is 9.49. The molecule has 4 bridgehead atoms. The minimum atomic E-state index is -0.713. The first-order valence-electron chi connectivity index (χ1n) is 8.74. The fourth-order valence-electron chi connectivity index (χ4n) is 5.46. The summed E-state index contributed by atoms with van der Waals surface area (Å²) in [4.78, 5) is 25.0. The van der Waals surface area contributed by atoms with Crippen molar-refractivity contribution in [3.63, 3.8) is 0 Å². The quantitative estimate of drug-likeness (QED) is 0.790. The van der Waals surface area contributed by atoms with Crippen LogP contribution in [0.1, 0.15) is 51.9 Å². The van der Waals surface area contributed by atoms with E-state index in [1.165, 1.54) is 26.4 Å². The molecule has 0 saturated heterocycles. The second kappa shape index (κ2) is 6.14. The van der Waals surface area contributed by atoms with Gasteiger partial charge in [-0.15, -0.1) is 0 Å². The number of nitrogens with zero attached hydrogens (tertiary/aromatic N) is 1. The second-order valence-electron chi connectivity index (χ2n) is 8.01. The van der Waals surface area contributed by atoms with E-state index in [9.17, 15) is 9.59 Å². The average Bonchev–Trinajstić information content (AvgIpc) is 2.51. The zero-order valence-electron chi connectivity index (χ0n) is 14.0. The van der Waals surface area contributed by atoms with E-state index in [1.807, 2.05) is 0 Å². The van der Waals surface area contributed by atoms with E-state index in [4.69, 9.17) is 10.00 Å². The van der Waals surface area contributed by atoms with Crippen molar-refractivity contribution in [3.05, 3.63) is 0 Å². The highest BCUT2D eigenvalue weighted by Crippen LogP contribution is 2.60. The number of nitriles is 1. The molecule has 0 radical (unpaired) electrons. The standard InChI is InChI=1S/C18H26N2O3/c1-11(10-19)3-15(16(21)23-2)20-17(22)18-7-12-4-13(8-18)6-14(5-12)9-18/h11-15H,3-9H2,1-2H3,(H,20,22)/t11-,12?,13?,14?,15-,18?/m1/s1. The summed E-state index contributed by atoms with van der Waals surface area (Å²) in [6, 6.07) is 1.41. The molecule has 4 saturated carbocycles. The molecule has 2 atom stereocenters. The van der Waals surface area contributed by atoms with Crippen LogP contribution in [0.4, 0.5) is 0 Å². The highest BCUT2D eigenvalue weighted by atomic mass is 16.5. The van der Waals surface area contributed by atoms with Gasteiger partial charge in [0.25, 0.3) is 0 Å². The van der Waals surface area contributed by atoms with Crippen LogP contribution in [-0.2, 0) is 14.3 Å². The van der Waals surface area contributed by atoms with Gasteiger partial charge in [0.15, 0.2) is 0 Å². The predicted octanol–water partition coefficient (Wildman–Crippen LogP) is 2.41. The number of hydrogen-bond acceptors (Lipinski definition) is 4. The van der Waals surface area contributed by atoms with Crippen LogP contribution in [0.5, 0.6) is 0 Å². The van der Waals surface area contributed by atoms with Crippen molar-refractivity contribution in [1.82, 2.24) is 5.32 Å². The summed E-state index contributed by atoms with van der Waals surface area (Å²) in [7, 11) is 1.32. The van der Waals surface area contributed by atoms with E-state index in [0.29, 0.717) is 24.2 Å². The number of amides is 1. The lowest BCUT2D eigenvalue weighted by molar-refractivity contribution is -0.153. The summed E-state index contributed by atoms with van der Waals surface area (Å²) in [6.45, 7) is 1.76. The molecule has 4 aliphatic rings. The number of nitrogens with one attached hydrogen (secondary N) is 1. The van der Waals surface area contributed by atoms with Crippen LogP contribution < -0.4 is 5.32 Å². The summed E-state index contributed by atoms with van der Waals surface area (Å²) >= 11 is 0. The number of carbonyl (C=O) groups is 2. The van der Waals surface area contributed by atoms with Crippen LogP contribution in [0, 0.1) is 40.4 Å². The smallest absolute Gasteiger partial charge is 0.328 e. The number of carbonyl (C=O) groups excluding carboxylic acids is 2. The Balaban J connectivity index is 1.71. The Bertz CT molecular complexity index is 502. The number of ether oxygens (including phenoxy) is 1. The molecular formula is C18H26N2O3. The molecule has 5 nitrogen and oxygen atoms in total. The normalized spacial score (nSPS) is 36.8. The Hall–Kier alpha value is -1.57. The average molecular weight is 318 g/mol. The molecule has 4 fully saturated rings. The minimum absolute atomic E-state index is 0.0112. The Morgan fingerprint density at radius 3 is 2.17 bits per heavy atom. The van der Waals surface area contributed by atoms with Gasteiger partial charge in [-0.2, -0.15) is 5.26 Å². The molecule has 5 heteroatoms. The SMILES string of the molecule is COC(=O)[C@@H](C[C@@H](C)C#N)NC(=O)C12CC3CC(CC(C3)C1)C2. The summed E-state index contributed by atoms with van der Waals surface area (Å²) in [5.41, 5.74) is -0.281. The van der Waals surface area contributed by atoms with Gasteiger partial charge in [-0.3, -0.25) is 4.79 Å². The van der Waals surface area contributed by atoms with Gasteiger partial charge < -0.3 is 10.1 Å². The molecule has 4 aliphatic carbocycles. The number of methoxy groups -OCH3 is 1. The Morgan fingerprint density at radius 2 is 1.74 bits per heavy atom. The van der Waals surface area contributed by atoms with Gasteiger partial charge in [-0.25, -0.2) is 4.79 Å². The lowest BCUT2D eigenvalue weighted by Crippen LogP contribution is -2.56. The molecule has 0 aromatic rings. The molecule has 126 valence electrons. The number of hydrogen-bond donors (Lipinski definition) is 1. The highest BCUT2D eigenvalue weighted by molar-refractivity contribution is 5.88. The summed E-state index contributed by atoms with van der Waals surface area (Å²) in [5, 5.41) is 11.9. The topological polar surface area (TPSA) is 79.2 Å². The lowest BCUT2D eigenvalue weighted by Gasteiger charge is -2.55. The molecule has 1 N–H and O–H groups in total. The van der Waals surface area contributed by atoms with E-state index in [-0.39, 0.29) is 17.2 Å². The van der Waals surface area contributed by atoms with Gasteiger partial charge in [0.05, 0.1) is 13.2 Å². The van der Waals surface area contributed by atoms with Gasteiger partial charge in [0, 0.05) is 11.3 Å². The van der Waals surface area contributed by atoms with Crippen LogP contribution in [0.15, 0.2) is 0 Å². The van der Waals surface area contributed by atoms with Gasteiger partial charge >= 0.3 is 5.97 Å². The van der Waals surface area contributed by atoms with Crippen molar-refractivity contribution in [3.8, 4) is 6.07 Å². The van der Waals surface area contributed by atoms with Crippen LogP contribution in [-0.4, -0.2) is 25.0 Å². The van der Waals surface area contributed by atoms with Crippen LogP contribution >= 0.6 is 0 Å². The molecule has 23 heavy (non-hydrogen) atoms. The molecule has 0 aromatic heterocycles. The van der Waals surface area contributed by atoms with E-state index in [1.54, 1.807) is 6.92 Å². The molecule has 0 aromatic carbocycles. The summed E-state index contributed by atoms with van der Waals surface area (Å²) in [5.74, 6) is 1.31. The van der Waals surface area contributed by atoms with Gasteiger partial charge in [0.1, 0.15) is 6.04 Å². The van der Waals surface area contributed by atoms with Crippen molar-refractivity contribution in [2.24, 2.45) is 29.1 Å².